The lowest BCUT2D eigenvalue weighted by Crippen LogP contribution is -2.50. The van der Waals surface area contributed by atoms with Crippen LogP contribution in [0.5, 0.6) is 0 Å². The zero-order valence-electron chi connectivity index (χ0n) is 11.7. The van der Waals surface area contributed by atoms with Crippen LogP contribution in [0.15, 0.2) is 12.4 Å². The second kappa shape index (κ2) is 6.48. The van der Waals surface area contributed by atoms with Crippen LogP contribution >= 0.6 is 0 Å². The van der Waals surface area contributed by atoms with E-state index in [9.17, 15) is 0 Å². The standard InChI is InChI=1S/C14H21N5/c1-3-12-9-14(17-11-16-12)19-7-5-18(6-8-19)13(4-2)10-15/h9,11,13H,3-8H2,1-2H3. The third-order valence-corrected chi connectivity index (χ3v) is 3.69. The van der Waals surface area contributed by atoms with E-state index in [1.54, 1.807) is 6.33 Å². The number of anilines is 1. The Morgan fingerprint density at radius 3 is 2.58 bits per heavy atom. The van der Waals surface area contributed by atoms with Gasteiger partial charge in [-0.25, -0.2) is 9.97 Å². The Morgan fingerprint density at radius 1 is 1.26 bits per heavy atom. The van der Waals surface area contributed by atoms with E-state index in [0.29, 0.717) is 0 Å². The predicted octanol–water partition coefficient (Wildman–Crippen LogP) is 1.46. The van der Waals surface area contributed by atoms with Crippen molar-refractivity contribution in [1.82, 2.24) is 14.9 Å². The average Bonchev–Trinajstić information content (AvgIpc) is 2.49. The molecule has 0 aliphatic carbocycles. The minimum Gasteiger partial charge on any atom is -0.354 e. The molecule has 0 radical (unpaired) electrons. The summed E-state index contributed by atoms with van der Waals surface area (Å²) in [5, 5.41) is 9.10. The first-order valence-corrected chi connectivity index (χ1v) is 6.98. The van der Waals surface area contributed by atoms with Gasteiger partial charge in [0.15, 0.2) is 0 Å². The van der Waals surface area contributed by atoms with E-state index < -0.39 is 0 Å². The Balaban J connectivity index is 1.98. The normalized spacial score (nSPS) is 18.1. The summed E-state index contributed by atoms with van der Waals surface area (Å²) >= 11 is 0. The molecule has 0 saturated carbocycles. The van der Waals surface area contributed by atoms with E-state index in [1.165, 1.54) is 0 Å². The SMILES string of the molecule is CCc1cc(N2CCN(C(C#N)CC)CC2)ncn1. The Kier molecular flexibility index (Phi) is 4.69. The van der Waals surface area contributed by atoms with Crippen molar-refractivity contribution in [3.63, 3.8) is 0 Å². The van der Waals surface area contributed by atoms with Crippen molar-refractivity contribution in [2.24, 2.45) is 0 Å². The monoisotopic (exact) mass is 259 g/mol. The molecule has 1 aromatic rings. The lowest BCUT2D eigenvalue weighted by atomic mass is 10.2. The summed E-state index contributed by atoms with van der Waals surface area (Å²) in [6.45, 7) is 7.88. The van der Waals surface area contributed by atoms with Crippen LogP contribution in [0.1, 0.15) is 26.0 Å². The molecule has 102 valence electrons. The molecule has 1 fully saturated rings. The van der Waals surface area contributed by atoms with Gasteiger partial charge in [-0.3, -0.25) is 4.90 Å². The maximum absolute atomic E-state index is 9.10. The van der Waals surface area contributed by atoms with E-state index in [2.05, 4.69) is 45.8 Å². The Bertz CT molecular complexity index is 445. The van der Waals surface area contributed by atoms with Crippen molar-refractivity contribution in [2.75, 3.05) is 31.1 Å². The minimum absolute atomic E-state index is 0.0544. The summed E-state index contributed by atoms with van der Waals surface area (Å²) in [5.74, 6) is 1.01. The van der Waals surface area contributed by atoms with Gasteiger partial charge in [-0.05, 0) is 12.8 Å². The number of rotatable bonds is 4. The number of aromatic nitrogens is 2. The fourth-order valence-corrected chi connectivity index (χ4v) is 2.45. The molecule has 0 N–H and O–H groups in total. The molecule has 2 rings (SSSR count). The molecule has 0 amide bonds. The van der Waals surface area contributed by atoms with Crippen molar-refractivity contribution in [1.29, 1.82) is 5.26 Å². The van der Waals surface area contributed by atoms with Crippen LogP contribution in [0.4, 0.5) is 5.82 Å². The molecular formula is C14H21N5. The molecule has 1 aliphatic rings. The third-order valence-electron chi connectivity index (χ3n) is 3.69. The number of nitrogens with zero attached hydrogens (tertiary/aromatic N) is 5. The summed E-state index contributed by atoms with van der Waals surface area (Å²) in [4.78, 5) is 13.1. The fraction of sp³-hybridized carbons (Fsp3) is 0.643. The molecule has 19 heavy (non-hydrogen) atoms. The van der Waals surface area contributed by atoms with E-state index in [0.717, 1.165) is 50.5 Å². The Hall–Kier alpha value is -1.67. The Labute approximate surface area is 114 Å². The highest BCUT2D eigenvalue weighted by molar-refractivity contribution is 5.39. The van der Waals surface area contributed by atoms with Gasteiger partial charge in [-0.15, -0.1) is 0 Å². The van der Waals surface area contributed by atoms with Crippen LogP contribution in [-0.4, -0.2) is 47.1 Å². The van der Waals surface area contributed by atoms with Crippen molar-refractivity contribution >= 4 is 5.82 Å². The van der Waals surface area contributed by atoms with Gasteiger partial charge in [0.1, 0.15) is 12.1 Å². The quantitative estimate of drug-likeness (QED) is 0.819. The molecule has 5 nitrogen and oxygen atoms in total. The van der Waals surface area contributed by atoms with Crippen LogP contribution in [0.2, 0.25) is 0 Å². The summed E-state index contributed by atoms with van der Waals surface area (Å²) < 4.78 is 0. The minimum atomic E-state index is 0.0544. The highest BCUT2D eigenvalue weighted by Gasteiger charge is 2.23. The highest BCUT2D eigenvalue weighted by Crippen LogP contribution is 2.16. The third kappa shape index (κ3) is 3.21. The molecule has 1 aliphatic heterocycles. The lowest BCUT2D eigenvalue weighted by Gasteiger charge is -2.37. The summed E-state index contributed by atoms with van der Waals surface area (Å²) in [6.07, 6.45) is 3.47. The van der Waals surface area contributed by atoms with Gasteiger partial charge in [-0.1, -0.05) is 13.8 Å². The van der Waals surface area contributed by atoms with Crippen LogP contribution in [0, 0.1) is 11.3 Å². The molecule has 5 heteroatoms. The van der Waals surface area contributed by atoms with Crippen molar-refractivity contribution in [2.45, 2.75) is 32.7 Å². The molecule has 0 spiro atoms. The number of piperazine rings is 1. The van der Waals surface area contributed by atoms with E-state index >= 15 is 0 Å². The molecule has 0 aromatic carbocycles. The number of hydrogen-bond acceptors (Lipinski definition) is 5. The predicted molar refractivity (Wildman–Crippen MR) is 74.9 cm³/mol. The summed E-state index contributed by atoms with van der Waals surface area (Å²) in [7, 11) is 0. The topological polar surface area (TPSA) is 56.0 Å². The van der Waals surface area contributed by atoms with Gasteiger partial charge < -0.3 is 4.90 Å². The van der Waals surface area contributed by atoms with E-state index in [1.807, 2.05) is 0 Å². The molecule has 1 atom stereocenters. The molecule has 1 aromatic heterocycles. The maximum atomic E-state index is 9.10. The van der Waals surface area contributed by atoms with Crippen LogP contribution < -0.4 is 4.90 Å². The smallest absolute Gasteiger partial charge is 0.132 e. The van der Waals surface area contributed by atoms with E-state index in [-0.39, 0.29) is 6.04 Å². The van der Waals surface area contributed by atoms with Gasteiger partial charge in [0.25, 0.3) is 0 Å². The van der Waals surface area contributed by atoms with Crippen LogP contribution in [-0.2, 0) is 6.42 Å². The number of hydrogen-bond donors (Lipinski definition) is 0. The zero-order valence-corrected chi connectivity index (χ0v) is 11.7. The Morgan fingerprint density at radius 2 is 2.00 bits per heavy atom. The average molecular weight is 259 g/mol. The first-order valence-electron chi connectivity index (χ1n) is 6.98. The largest absolute Gasteiger partial charge is 0.354 e. The maximum Gasteiger partial charge on any atom is 0.132 e. The highest BCUT2D eigenvalue weighted by atomic mass is 15.3. The van der Waals surface area contributed by atoms with Gasteiger partial charge in [0.2, 0.25) is 0 Å². The fourth-order valence-electron chi connectivity index (χ4n) is 2.45. The number of nitriles is 1. The second-order valence-electron chi connectivity index (χ2n) is 4.80. The van der Waals surface area contributed by atoms with Crippen LogP contribution in [0.25, 0.3) is 0 Å². The lowest BCUT2D eigenvalue weighted by molar-refractivity contribution is 0.216. The van der Waals surface area contributed by atoms with Gasteiger partial charge in [-0.2, -0.15) is 5.26 Å². The second-order valence-corrected chi connectivity index (χ2v) is 4.80. The van der Waals surface area contributed by atoms with E-state index in [4.69, 9.17) is 5.26 Å². The van der Waals surface area contributed by atoms with Crippen LogP contribution in [0.3, 0.4) is 0 Å². The zero-order chi connectivity index (χ0) is 13.7. The molecule has 1 unspecified atom stereocenters. The summed E-state index contributed by atoms with van der Waals surface area (Å²) in [6, 6.07) is 4.50. The van der Waals surface area contributed by atoms with Gasteiger partial charge >= 0.3 is 0 Å². The molecule has 2 heterocycles. The van der Waals surface area contributed by atoms with Crippen molar-refractivity contribution in [3.05, 3.63) is 18.1 Å². The first kappa shape index (κ1) is 13.8. The summed E-state index contributed by atoms with van der Waals surface area (Å²) in [5.41, 5.74) is 1.08. The van der Waals surface area contributed by atoms with Crippen molar-refractivity contribution < 1.29 is 0 Å². The van der Waals surface area contributed by atoms with Crippen molar-refractivity contribution in [3.8, 4) is 6.07 Å². The molecule has 1 saturated heterocycles. The first-order chi connectivity index (χ1) is 9.28. The van der Waals surface area contributed by atoms with Gasteiger partial charge in [0.05, 0.1) is 12.1 Å². The molecule has 0 bridgehead atoms. The number of aryl methyl sites for hydroxylation is 1. The molecular weight excluding hydrogens is 238 g/mol. The van der Waals surface area contributed by atoms with Gasteiger partial charge in [0, 0.05) is 37.9 Å².